The fraction of sp³-hybridized carbons (Fsp3) is 0.182. The summed E-state index contributed by atoms with van der Waals surface area (Å²) in [5.41, 5.74) is 1.25. The number of aromatic amines is 1. The molecule has 2 heterocycles. The maximum Gasteiger partial charge on any atom is 0.251 e. The van der Waals surface area contributed by atoms with Crippen molar-refractivity contribution in [1.29, 1.82) is 0 Å². The number of H-pyrrole nitrogens is 1. The first-order valence-electron chi connectivity index (χ1n) is 4.99. The molecule has 0 unspecified atom stereocenters. The second-order valence-corrected chi connectivity index (χ2v) is 4.47. The van der Waals surface area contributed by atoms with E-state index in [4.69, 9.17) is 5.11 Å². The maximum atomic E-state index is 11.2. The molecule has 0 aliphatic rings. The lowest BCUT2D eigenvalue weighted by atomic mass is 10.3. The van der Waals surface area contributed by atoms with E-state index in [9.17, 15) is 4.79 Å². The summed E-state index contributed by atoms with van der Waals surface area (Å²) < 4.78 is 0. The first kappa shape index (κ1) is 11.8. The zero-order chi connectivity index (χ0) is 12.3. The van der Waals surface area contributed by atoms with Crippen molar-refractivity contribution in [2.75, 3.05) is 0 Å². The van der Waals surface area contributed by atoms with Gasteiger partial charge in [-0.25, -0.2) is 9.97 Å². The van der Waals surface area contributed by atoms with Gasteiger partial charge < -0.3 is 10.1 Å². The summed E-state index contributed by atoms with van der Waals surface area (Å²) in [5, 5.41) is 10.1. The quantitative estimate of drug-likeness (QED) is 0.797. The maximum absolute atomic E-state index is 11.2. The largest absolute Gasteiger partial charge is 0.392 e. The van der Waals surface area contributed by atoms with Gasteiger partial charge in [0.25, 0.3) is 5.56 Å². The molecule has 17 heavy (non-hydrogen) atoms. The third kappa shape index (κ3) is 3.15. The predicted octanol–water partition coefficient (Wildman–Crippen LogP) is 1.12. The van der Waals surface area contributed by atoms with Crippen molar-refractivity contribution in [2.24, 2.45) is 0 Å². The molecule has 2 aromatic heterocycles. The molecule has 0 atom stereocenters. The zero-order valence-corrected chi connectivity index (χ0v) is 9.99. The highest BCUT2D eigenvalue weighted by Crippen LogP contribution is 2.21. The Balaban J connectivity index is 2.22. The highest BCUT2D eigenvalue weighted by molar-refractivity contribution is 7.99. The molecule has 0 aliphatic heterocycles. The molecule has 88 valence electrons. The Morgan fingerprint density at radius 2 is 2.29 bits per heavy atom. The molecule has 2 aromatic rings. The Labute approximate surface area is 102 Å². The number of hydrogen-bond donors (Lipinski definition) is 2. The van der Waals surface area contributed by atoms with Gasteiger partial charge in [-0.15, -0.1) is 0 Å². The van der Waals surface area contributed by atoms with Gasteiger partial charge in [0.05, 0.1) is 6.61 Å². The summed E-state index contributed by atoms with van der Waals surface area (Å²) in [5.74, 6) is 0. The van der Waals surface area contributed by atoms with Crippen molar-refractivity contribution in [3.63, 3.8) is 0 Å². The molecule has 0 amide bonds. The fourth-order valence-electron chi connectivity index (χ4n) is 1.26. The molecule has 0 fully saturated rings. The van der Waals surface area contributed by atoms with Gasteiger partial charge >= 0.3 is 0 Å². The highest BCUT2D eigenvalue weighted by Gasteiger charge is 2.02. The molecule has 0 bridgehead atoms. The van der Waals surface area contributed by atoms with Gasteiger partial charge in [0.1, 0.15) is 5.03 Å². The normalized spacial score (nSPS) is 10.5. The minimum absolute atomic E-state index is 0.0303. The van der Waals surface area contributed by atoms with Crippen LogP contribution in [0.15, 0.2) is 39.4 Å². The van der Waals surface area contributed by atoms with Crippen LogP contribution in [0.1, 0.15) is 11.3 Å². The Kier molecular flexibility index (Phi) is 3.55. The van der Waals surface area contributed by atoms with Crippen LogP contribution in [0.25, 0.3) is 0 Å². The number of aliphatic hydroxyl groups is 1. The van der Waals surface area contributed by atoms with Crippen LogP contribution in [-0.4, -0.2) is 20.1 Å². The first-order chi connectivity index (χ1) is 8.17. The number of pyridine rings is 1. The third-order valence-corrected chi connectivity index (χ3v) is 2.87. The topological polar surface area (TPSA) is 78.9 Å². The molecule has 2 N–H and O–H groups in total. The van der Waals surface area contributed by atoms with E-state index in [0.29, 0.717) is 10.9 Å². The summed E-state index contributed by atoms with van der Waals surface area (Å²) in [7, 11) is 0. The smallest absolute Gasteiger partial charge is 0.251 e. The molecule has 0 saturated heterocycles. The molecular weight excluding hydrogens is 238 g/mol. The predicted molar refractivity (Wildman–Crippen MR) is 63.9 cm³/mol. The van der Waals surface area contributed by atoms with Crippen LogP contribution in [0.3, 0.4) is 0 Å². The van der Waals surface area contributed by atoms with Crippen molar-refractivity contribution >= 4 is 11.8 Å². The molecule has 0 radical (unpaired) electrons. The summed E-state index contributed by atoms with van der Waals surface area (Å²) in [6.45, 7) is 1.74. The Hall–Kier alpha value is -1.66. The second kappa shape index (κ2) is 5.11. The lowest BCUT2D eigenvalue weighted by molar-refractivity contribution is 0.281. The van der Waals surface area contributed by atoms with Crippen LogP contribution in [0.2, 0.25) is 0 Å². The number of nitrogens with one attached hydrogen (secondary N) is 1. The Bertz CT molecular complexity index is 566. The Morgan fingerprint density at radius 1 is 1.47 bits per heavy atom. The molecule has 0 aromatic carbocycles. The highest BCUT2D eigenvalue weighted by atomic mass is 32.2. The van der Waals surface area contributed by atoms with E-state index >= 15 is 0 Å². The lowest BCUT2D eigenvalue weighted by Gasteiger charge is -2.01. The summed E-state index contributed by atoms with van der Waals surface area (Å²) in [6, 6.07) is 4.99. The molecule has 2 rings (SSSR count). The molecule has 0 spiro atoms. The third-order valence-electron chi connectivity index (χ3n) is 2.03. The summed E-state index contributed by atoms with van der Waals surface area (Å²) >= 11 is 1.28. The number of hydrogen-bond acceptors (Lipinski definition) is 5. The number of aromatic nitrogens is 3. The van der Waals surface area contributed by atoms with E-state index in [2.05, 4.69) is 15.0 Å². The van der Waals surface area contributed by atoms with Crippen molar-refractivity contribution in [2.45, 2.75) is 23.7 Å². The molecule has 6 heteroatoms. The average molecular weight is 249 g/mol. The van der Waals surface area contributed by atoms with Crippen LogP contribution in [-0.2, 0) is 6.61 Å². The van der Waals surface area contributed by atoms with Crippen molar-refractivity contribution < 1.29 is 5.11 Å². The van der Waals surface area contributed by atoms with Crippen LogP contribution >= 0.6 is 11.8 Å². The lowest BCUT2D eigenvalue weighted by Crippen LogP contribution is -2.07. The number of aryl methyl sites for hydroxylation is 1. The van der Waals surface area contributed by atoms with E-state index in [0.717, 1.165) is 10.6 Å². The van der Waals surface area contributed by atoms with E-state index in [1.165, 1.54) is 17.8 Å². The summed E-state index contributed by atoms with van der Waals surface area (Å²) in [4.78, 5) is 22.2. The average Bonchev–Trinajstić information content (AvgIpc) is 2.28. The van der Waals surface area contributed by atoms with Crippen LogP contribution in [0, 0.1) is 6.92 Å². The fourth-order valence-corrected chi connectivity index (χ4v) is 2.04. The van der Waals surface area contributed by atoms with Gasteiger partial charge in [0.2, 0.25) is 0 Å². The Morgan fingerprint density at radius 3 is 2.88 bits per heavy atom. The number of nitrogens with zero attached hydrogens (tertiary/aromatic N) is 2. The standard InChI is InChI=1S/C11H11N3O2S/c1-7-4-9(16)14-11(13-7)17-10-3-2-8(6-15)5-12-10/h2-5,15H,6H2,1H3,(H,13,14,16). The number of aliphatic hydroxyl groups excluding tert-OH is 1. The van der Waals surface area contributed by atoms with Gasteiger partial charge in [0, 0.05) is 18.0 Å². The molecular formula is C11H11N3O2S. The number of rotatable bonds is 3. The van der Waals surface area contributed by atoms with E-state index in [-0.39, 0.29) is 12.2 Å². The second-order valence-electron chi connectivity index (χ2n) is 3.46. The van der Waals surface area contributed by atoms with E-state index in [1.54, 1.807) is 25.3 Å². The molecule has 5 nitrogen and oxygen atoms in total. The van der Waals surface area contributed by atoms with Gasteiger partial charge in [-0.1, -0.05) is 6.07 Å². The molecule has 0 aliphatic carbocycles. The van der Waals surface area contributed by atoms with Crippen molar-refractivity contribution in [3.05, 3.63) is 46.0 Å². The monoisotopic (exact) mass is 249 g/mol. The molecule has 0 saturated carbocycles. The van der Waals surface area contributed by atoms with Gasteiger partial charge in [-0.3, -0.25) is 4.79 Å². The van der Waals surface area contributed by atoms with E-state index in [1.807, 2.05) is 0 Å². The van der Waals surface area contributed by atoms with Gasteiger partial charge in [-0.2, -0.15) is 0 Å². The summed E-state index contributed by atoms with van der Waals surface area (Å²) in [6.07, 6.45) is 1.59. The van der Waals surface area contributed by atoms with Crippen LogP contribution < -0.4 is 5.56 Å². The van der Waals surface area contributed by atoms with Crippen LogP contribution in [0.4, 0.5) is 0 Å². The SMILES string of the molecule is Cc1cc(=O)[nH]c(Sc2ccc(CO)cn2)n1. The van der Waals surface area contributed by atoms with Gasteiger partial charge in [-0.05, 0) is 30.3 Å². The van der Waals surface area contributed by atoms with Crippen molar-refractivity contribution in [1.82, 2.24) is 15.0 Å². The zero-order valence-electron chi connectivity index (χ0n) is 9.17. The van der Waals surface area contributed by atoms with Gasteiger partial charge in [0.15, 0.2) is 5.16 Å². The minimum atomic E-state index is -0.174. The van der Waals surface area contributed by atoms with Crippen molar-refractivity contribution in [3.8, 4) is 0 Å². The van der Waals surface area contributed by atoms with Crippen LogP contribution in [0.5, 0.6) is 0 Å². The van der Waals surface area contributed by atoms with E-state index < -0.39 is 0 Å². The minimum Gasteiger partial charge on any atom is -0.392 e. The first-order valence-corrected chi connectivity index (χ1v) is 5.80.